The maximum atomic E-state index is 13.5. The van der Waals surface area contributed by atoms with Crippen LogP contribution in [0.5, 0.6) is 0 Å². The van der Waals surface area contributed by atoms with E-state index in [1.165, 1.54) is 12.1 Å². The number of nitrogens with one attached hydrogen (secondary N) is 1. The normalized spacial score (nSPS) is 11.3. The highest BCUT2D eigenvalue weighted by atomic mass is 32.2. The van der Waals surface area contributed by atoms with Gasteiger partial charge in [0.2, 0.25) is 0 Å². The van der Waals surface area contributed by atoms with Gasteiger partial charge >= 0.3 is 0 Å². The maximum Gasteiger partial charge on any atom is 0.264 e. The fourth-order valence-corrected chi connectivity index (χ4v) is 2.75. The van der Waals surface area contributed by atoms with Gasteiger partial charge in [0.25, 0.3) is 10.0 Å². The Balaban J connectivity index is 2.35. The van der Waals surface area contributed by atoms with Gasteiger partial charge in [-0.3, -0.25) is 4.72 Å². The number of benzene rings is 2. The zero-order valence-electron chi connectivity index (χ0n) is 10.2. The van der Waals surface area contributed by atoms with Crippen molar-refractivity contribution in [2.75, 3.05) is 4.72 Å². The van der Waals surface area contributed by atoms with Gasteiger partial charge in [-0.25, -0.2) is 17.2 Å². The van der Waals surface area contributed by atoms with E-state index in [2.05, 4.69) is 4.72 Å². The molecule has 0 aliphatic heterocycles. The molecule has 0 spiro atoms. The fourth-order valence-electron chi connectivity index (χ4n) is 1.64. The number of hydrogen-bond donors (Lipinski definition) is 2. The van der Waals surface area contributed by atoms with Crippen molar-refractivity contribution >= 4 is 15.7 Å². The summed E-state index contributed by atoms with van der Waals surface area (Å²) >= 11 is 0. The summed E-state index contributed by atoms with van der Waals surface area (Å²) in [6.07, 6.45) is 0. The van der Waals surface area contributed by atoms with Crippen LogP contribution in [-0.4, -0.2) is 13.5 Å². The molecule has 0 heterocycles. The third kappa shape index (κ3) is 3.12. The number of aliphatic hydroxyl groups is 1. The highest BCUT2D eigenvalue weighted by Crippen LogP contribution is 2.20. The molecule has 2 aromatic rings. The Labute approximate surface area is 114 Å². The summed E-state index contributed by atoms with van der Waals surface area (Å²) in [5.41, 5.74) is 0.685. The van der Waals surface area contributed by atoms with E-state index in [0.29, 0.717) is 11.6 Å². The zero-order chi connectivity index (χ0) is 14.8. The van der Waals surface area contributed by atoms with E-state index in [0.717, 1.165) is 12.1 Å². The van der Waals surface area contributed by atoms with Gasteiger partial charge in [0.1, 0.15) is 16.5 Å². The molecule has 106 valence electrons. The van der Waals surface area contributed by atoms with Crippen LogP contribution in [0.1, 0.15) is 5.56 Å². The first-order valence-electron chi connectivity index (χ1n) is 5.60. The number of hydrogen-bond acceptors (Lipinski definition) is 3. The largest absolute Gasteiger partial charge is 0.392 e. The summed E-state index contributed by atoms with van der Waals surface area (Å²) in [7, 11) is -4.16. The van der Waals surface area contributed by atoms with Crippen molar-refractivity contribution in [3.63, 3.8) is 0 Å². The molecule has 4 nitrogen and oxygen atoms in total. The third-order valence-corrected chi connectivity index (χ3v) is 3.96. The van der Waals surface area contributed by atoms with Crippen molar-refractivity contribution in [3.05, 3.63) is 59.7 Å². The maximum absolute atomic E-state index is 13.5. The van der Waals surface area contributed by atoms with Crippen LogP contribution in [-0.2, 0) is 16.6 Å². The highest BCUT2D eigenvalue weighted by Gasteiger charge is 2.19. The Kier molecular flexibility index (Phi) is 4.01. The molecule has 0 aliphatic carbocycles. The topological polar surface area (TPSA) is 66.4 Å². The predicted molar refractivity (Wildman–Crippen MR) is 69.5 cm³/mol. The van der Waals surface area contributed by atoms with Crippen LogP contribution in [0.3, 0.4) is 0 Å². The molecule has 2 rings (SSSR count). The van der Waals surface area contributed by atoms with E-state index in [1.54, 1.807) is 12.1 Å². The van der Waals surface area contributed by atoms with Gasteiger partial charge in [0.15, 0.2) is 0 Å². The van der Waals surface area contributed by atoms with Gasteiger partial charge in [0, 0.05) is 11.8 Å². The standard InChI is InChI=1S/C13H11F2NO3S/c14-10-4-5-13(12(15)7-10)20(18,19)16-11-3-1-2-9(6-11)8-17/h1-7,16-17H,8H2. The van der Waals surface area contributed by atoms with Gasteiger partial charge < -0.3 is 5.11 Å². The second-order valence-corrected chi connectivity index (χ2v) is 5.69. The quantitative estimate of drug-likeness (QED) is 0.910. The van der Waals surface area contributed by atoms with E-state index in [-0.39, 0.29) is 12.3 Å². The second-order valence-electron chi connectivity index (χ2n) is 4.04. The van der Waals surface area contributed by atoms with Crippen LogP contribution in [0.2, 0.25) is 0 Å². The average molecular weight is 299 g/mol. The summed E-state index contributed by atoms with van der Waals surface area (Å²) in [5.74, 6) is -2.03. The molecule has 7 heteroatoms. The Morgan fingerprint density at radius 2 is 1.85 bits per heavy atom. The molecule has 0 bridgehead atoms. The molecule has 0 fully saturated rings. The van der Waals surface area contributed by atoms with E-state index < -0.39 is 26.6 Å². The van der Waals surface area contributed by atoms with Gasteiger partial charge in [-0.05, 0) is 29.8 Å². The van der Waals surface area contributed by atoms with Crippen LogP contribution in [0.25, 0.3) is 0 Å². The molecule has 0 saturated heterocycles. The molecule has 2 aromatic carbocycles. The zero-order valence-corrected chi connectivity index (χ0v) is 11.0. The molecule has 20 heavy (non-hydrogen) atoms. The summed E-state index contributed by atoms with van der Waals surface area (Å²) in [4.78, 5) is -0.645. The molecular formula is C13H11F2NO3S. The van der Waals surface area contributed by atoms with E-state index in [1.807, 2.05) is 0 Å². The van der Waals surface area contributed by atoms with Crippen LogP contribution < -0.4 is 4.72 Å². The SMILES string of the molecule is O=S(=O)(Nc1cccc(CO)c1)c1ccc(F)cc1F. The molecule has 0 saturated carbocycles. The minimum absolute atomic E-state index is 0.181. The van der Waals surface area contributed by atoms with Crippen molar-refractivity contribution in [3.8, 4) is 0 Å². The number of anilines is 1. The van der Waals surface area contributed by atoms with Gasteiger partial charge in [0.05, 0.1) is 6.61 Å². The van der Waals surface area contributed by atoms with Crippen LogP contribution >= 0.6 is 0 Å². The van der Waals surface area contributed by atoms with Crippen molar-refractivity contribution < 1.29 is 22.3 Å². The fraction of sp³-hybridized carbons (Fsp3) is 0.0769. The number of rotatable bonds is 4. The highest BCUT2D eigenvalue weighted by molar-refractivity contribution is 7.92. The average Bonchev–Trinajstić information content (AvgIpc) is 2.37. The Morgan fingerprint density at radius 1 is 1.10 bits per heavy atom. The first-order valence-corrected chi connectivity index (χ1v) is 7.08. The molecule has 0 radical (unpaired) electrons. The molecule has 0 aliphatic rings. The molecular weight excluding hydrogens is 288 g/mol. The lowest BCUT2D eigenvalue weighted by Gasteiger charge is -2.09. The number of aliphatic hydroxyl groups excluding tert-OH is 1. The second kappa shape index (κ2) is 5.56. The number of sulfonamides is 1. The molecule has 0 atom stereocenters. The third-order valence-electron chi connectivity index (χ3n) is 2.55. The summed E-state index contributed by atoms with van der Waals surface area (Å²) in [6, 6.07) is 8.24. The molecule has 0 unspecified atom stereocenters. The lowest BCUT2D eigenvalue weighted by molar-refractivity contribution is 0.282. The predicted octanol–water partition coefficient (Wildman–Crippen LogP) is 2.26. The van der Waals surface area contributed by atoms with Crippen LogP contribution in [0.15, 0.2) is 47.4 Å². The van der Waals surface area contributed by atoms with Gasteiger partial charge in [-0.15, -0.1) is 0 Å². The van der Waals surface area contributed by atoms with Crippen molar-refractivity contribution in [2.45, 2.75) is 11.5 Å². The molecule has 0 amide bonds. The van der Waals surface area contributed by atoms with Crippen molar-refractivity contribution in [2.24, 2.45) is 0 Å². The molecule has 0 aromatic heterocycles. The van der Waals surface area contributed by atoms with Crippen LogP contribution in [0.4, 0.5) is 14.5 Å². The monoisotopic (exact) mass is 299 g/mol. The minimum Gasteiger partial charge on any atom is -0.392 e. The Morgan fingerprint density at radius 3 is 2.50 bits per heavy atom. The van der Waals surface area contributed by atoms with Gasteiger partial charge in [-0.2, -0.15) is 0 Å². The summed E-state index contributed by atoms with van der Waals surface area (Å²) < 4.78 is 52.4. The smallest absolute Gasteiger partial charge is 0.264 e. The van der Waals surface area contributed by atoms with Crippen molar-refractivity contribution in [1.82, 2.24) is 0 Å². The summed E-state index contributed by atoms with van der Waals surface area (Å²) in [6.45, 7) is -0.250. The van der Waals surface area contributed by atoms with Crippen LogP contribution in [0, 0.1) is 11.6 Å². The number of halogens is 2. The first kappa shape index (κ1) is 14.4. The minimum atomic E-state index is -4.16. The summed E-state index contributed by atoms with van der Waals surface area (Å²) in [5, 5.41) is 8.97. The molecule has 2 N–H and O–H groups in total. The van der Waals surface area contributed by atoms with E-state index in [4.69, 9.17) is 5.11 Å². The van der Waals surface area contributed by atoms with E-state index in [9.17, 15) is 17.2 Å². The Bertz CT molecular complexity index is 732. The first-order chi connectivity index (χ1) is 9.42. The Hall–Kier alpha value is -1.99. The lowest BCUT2D eigenvalue weighted by atomic mass is 10.2. The van der Waals surface area contributed by atoms with Crippen molar-refractivity contribution in [1.29, 1.82) is 0 Å². The van der Waals surface area contributed by atoms with E-state index >= 15 is 0 Å². The van der Waals surface area contributed by atoms with Gasteiger partial charge in [-0.1, -0.05) is 12.1 Å². The lowest BCUT2D eigenvalue weighted by Crippen LogP contribution is -2.14.